The van der Waals surface area contributed by atoms with Crippen LogP contribution in [0.15, 0.2) is 84.1 Å². The van der Waals surface area contributed by atoms with E-state index in [0.29, 0.717) is 5.92 Å². The smallest absolute Gasteiger partial charge is 0.204 e. The largest absolute Gasteiger partial charge is 0.391 e. The van der Waals surface area contributed by atoms with Gasteiger partial charge in [0, 0.05) is 17.7 Å². The van der Waals surface area contributed by atoms with Gasteiger partial charge >= 0.3 is 0 Å². The molecule has 0 atom stereocenters. The highest BCUT2D eigenvalue weighted by Gasteiger charge is 2.35. The second-order valence-corrected chi connectivity index (χ2v) is 11.6. The summed E-state index contributed by atoms with van der Waals surface area (Å²) in [6.45, 7) is 11.8. The van der Waals surface area contributed by atoms with Crippen molar-refractivity contribution in [2.24, 2.45) is 5.92 Å². The van der Waals surface area contributed by atoms with Crippen molar-refractivity contribution in [3.8, 4) is 0 Å². The summed E-state index contributed by atoms with van der Waals surface area (Å²) in [6.07, 6.45) is 6.94. The molecular weight excluding hydrogens is 342 g/mol. The molecule has 1 nitrogen and oxygen atoms in total. The van der Waals surface area contributed by atoms with Gasteiger partial charge in [-0.15, -0.1) is 0 Å². The zero-order valence-electron chi connectivity index (χ0n) is 17.4. The average Bonchev–Trinajstić information content (AvgIpc) is 3.06. The normalized spacial score (nSPS) is 14.5. The van der Waals surface area contributed by atoms with E-state index < -0.39 is 8.96 Å². The van der Waals surface area contributed by atoms with E-state index in [1.807, 2.05) is 0 Å². The lowest BCUT2D eigenvalue weighted by molar-refractivity contribution is 0.299. The van der Waals surface area contributed by atoms with Gasteiger partial charge in [0.25, 0.3) is 0 Å². The molecule has 0 unspecified atom stereocenters. The van der Waals surface area contributed by atoms with Crippen LogP contribution in [0, 0.1) is 5.92 Å². The molecule has 0 bridgehead atoms. The quantitative estimate of drug-likeness (QED) is 0.650. The fraction of sp³-hybridized carbons (Fsp3) is 0.360. The van der Waals surface area contributed by atoms with Gasteiger partial charge < -0.3 is 4.57 Å². The lowest BCUT2D eigenvalue weighted by Crippen LogP contribution is -2.62. The highest BCUT2D eigenvalue weighted by molar-refractivity contribution is 6.83. The number of benzene rings is 2. The van der Waals surface area contributed by atoms with Gasteiger partial charge in [-0.3, -0.25) is 0 Å². The van der Waals surface area contributed by atoms with Crippen molar-refractivity contribution >= 4 is 19.3 Å². The molecule has 0 amide bonds. The Balaban J connectivity index is 2.16. The van der Waals surface area contributed by atoms with Crippen LogP contribution in [0.1, 0.15) is 47.5 Å². The summed E-state index contributed by atoms with van der Waals surface area (Å²) in [5, 5.41) is 2.98. The first-order chi connectivity index (χ1) is 12.9. The number of rotatable bonds is 6. The highest BCUT2D eigenvalue weighted by atomic mass is 28.3. The Bertz CT molecular complexity index is 758. The topological polar surface area (TPSA) is 3.24 Å². The van der Waals surface area contributed by atoms with E-state index in [4.69, 9.17) is 0 Å². The Morgan fingerprint density at radius 2 is 1.41 bits per heavy atom. The van der Waals surface area contributed by atoms with Crippen LogP contribution >= 0.6 is 0 Å². The number of nitrogens with zero attached hydrogens (tertiary/aromatic N) is 1. The maximum atomic E-state index is 2.80. The molecule has 0 spiro atoms. The second-order valence-electron chi connectivity index (χ2n) is 8.94. The highest BCUT2D eigenvalue weighted by Crippen LogP contribution is 2.33. The summed E-state index contributed by atoms with van der Waals surface area (Å²) in [7, 11) is -1.59. The van der Waals surface area contributed by atoms with Gasteiger partial charge in [-0.2, -0.15) is 0 Å². The van der Waals surface area contributed by atoms with Crippen molar-refractivity contribution in [1.82, 2.24) is 4.57 Å². The van der Waals surface area contributed by atoms with Gasteiger partial charge in [-0.05, 0) is 49.1 Å². The maximum absolute atomic E-state index is 2.80. The summed E-state index contributed by atoms with van der Waals surface area (Å²) in [6, 6.07) is 22.3. The van der Waals surface area contributed by atoms with Crippen molar-refractivity contribution < 1.29 is 0 Å². The summed E-state index contributed by atoms with van der Waals surface area (Å²) in [5.74, 6) is 0.674. The third-order valence-corrected chi connectivity index (χ3v) is 8.77. The van der Waals surface area contributed by atoms with E-state index >= 15 is 0 Å². The number of hydrogen-bond acceptors (Lipinski definition) is 1. The van der Waals surface area contributed by atoms with Crippen molar-refractivity contribution in [2.75, 3.05) is 0 Å². The van der Waals surface area contributed by atoms with Crippen molar-refractivity contribution in [3.63, 3.8) is 0 Å². The van der Waals surface area contributed by atoms with E-state index in [1.54, 1.807) is 5.70 Å². The zero-order chi connectivity index (χ0) is 19.4. The molecule has 1 aliphatic rings. The first kappa shape index (κ1) is 19.7. The minimum Gasteiger partial charge on any atom is -0.391 e. The molecule has 0 N–H and O–H groups in total. The molecule has 1 aliphatic carbocycles. The standard InChI is InChI=1S/C25H33NSi/c1-20(2)19-21-13-12-18-24(21)26(25(3,4)5)27(22-14-8-6-9-15-22)23-16-10-7-11-17-23/h6-17,20,27H,18-19H2,1-5H3. The SMILES string of the molecule is CC(C)CC1=C(N([SiH](c2ccccc2)c2ccccc2)C(C)(C)C)CC=C1. The zero-order valence-corrected chi connectivity index (χ0v) is 18.6. The van der Waals surface area contributed by atoms with Crippen LogP contribution < -0.4 is 10.4 Å². The minimum atomic E-state index is -1.59. The van der Waals surface area contributed by atoms with E-state index in [-0.39, 0.29) is 5.54 Å². The fourth-order valence-corrected chi connectivity index (χ4v) is 7.64. The molecule has 0 fully saturated rings. The first-order valence-corrected chi connectivity index (χ1v) is 11.8. The molecule has 0 saturated heterocycles. The first-order valence-electron chi connectivity index (χ1n) is 10.2. The molecule has 0 heterocycles. The van der Waals surface area contributed by atoms with E-state index in [9.17, 15) is 0 Å². The Hall–Kier alpha value is -2.06. The van der Waals surface area contributed by atoms with Gasteiger partial charge in [0.05, 0.1) is 0 Å². The van der Waals surface area contributed by atoms with Crippen LogP contribution in [-0.2, 0) is 0 Å². The van der Waals surface area contributed by atoms with Gasteiger partial charge in [0.2, 0.25) is 8.96 Å². The molecule has 3 rings (SSSR count). The lowest BCUT2D eigenvalue weighted by atomic mass is 10.0. The van der Waals surface area contributed by atoms with Crippen molar-refractivity contribution in [2.45, 2.75) is 53.0 Å². The van der Waals surface area contributed by atoms with Gasteiger partial charge in [0.15, 0.2) is 0 Å². The van der Waals surface area contributed by atoms with Crippen molar-refractivity contribution in [1.29, 1.82) is 0 Å². The minimum absolute atomic E-state index is 0.0756. The van der Waals surface area contributed by atoms with Crippen LogP contribution in [0.4, 0.5) is 0 Å². The van der Waals surface area contributed by atoms with Gasteiger partial charge in [-0.25, -0.2) is 0 Å². The molecule has 2 aromatic rings. The van der Waals surface area contributed by atoms with E-state index in [2.05, 4.69) is 112 Å². The Morgan fingerprint density at radius 3 is 1.85 bits per heavy atom. The summed E-state index contributed by atoms with van der Waals surface area (Å²) >= 11 is 0. The predicted molar refractivity (Wildman–Crippen MR) is 121 cm³/mol. The fourth-order valence-electron chi connectivity index (χ4n) is 4.13. The Morgan fingerprint density at radius 1 is 0.889 bits per heavy atom. The van der Waals surface area contributed by atoms with Gasteiger partial charge in [-0.1, -0.05) is 86.7 Å². The molecule has 142 valence electrons. The monoisotopic (exact) mass is 375 g/mol. The average molecular weight is 376 g/mol. The Kier molecular flexibility index (Phi) is 6.06. The number of allylic oxidation sites excluding steroid dienone is 3. The molecule has 0 saturated carbocycles. The van der Waals surface area contributed by atoms with Crippen LogP contribution in [0.25, 0.3) is 0 Å². The van der Waals surface area contributed by atoms with E-state index in [1.165, 1.54) is 15.9 Å². The van der Waals surface area contributed by atoms with Crippen LogP contribution in [0.2, 0.25) is 0 Å². The summed E-state index contributed by atoms with van der Waals surface area (Å²) in [5.41, 5.74) is 3.15. The summed E-state index contributed by atoms with van der Waals surface area (Å²) < 4.78 is 2.80. The second kappa shape index (κ2) is 8.31. The Labute approximate surface area is 167 Å². The third kappa shape index (κ3) is 4.62. The van der Waals surface area contributed by atoms with Crippen molar-refractivity contribution in [3.05, 3.63) is 84.1 Å². The van der Waals surface area contributed by atoms with Gasteiger partial charge in [0.1, 0.15) is 0 Å². The molecule has 2 aromatic carbocycles. The molecule has 2 heteroatoms. The summed E-state index contributed by atoms with van der Waals surface area (Å²) in [4.78, 5) is 0. The molecule has 0 aliphatic heterocycles. The molecule has 27 heavy (non-hydrogen) atoms. The van der Waals surface area contributed by atoms with Crippen LogP contribution in [0.3, 0.4) is 0 Å². The molecular formula is C25H33NSi. The number of hydrogen-bond donors (Lipinski definition) is 0. The van der Waals surface area contributed by atoms with E-state index in [0.717, 1.165) is 12.8 Å². The predicted octanol–water partition coefficient (Wildman–Crippen LogP) is 4.89. The van der Waals surface area contributed by atoms with Crippen LogP contribution in [-0.4, -0.2) is 19.1 Å². The molecule has 0 radical (unpaired) electrons. The van der Waals surface area contributed by atoms with Crippen LogP contribution in [0.5, 0.6) is 0 Å². The lowest BCUT2D eigenvalue weighted by Gasteiger charge is -2.45. The maximum Gasteiger partial charge on any atom is 0.204 e. The molecule has 0 aromatic heterocycles. The third-order valence-electron chi connectivity index (χ3n) is 5.13.